The van der Waals surface area contributed by atoms with Gasteiger partial charge in [0, 0.05) is 0 Å². The molecule has 0 aliphatic rings. The van der Waals surface area contributed by atoms with Gasteiger partial charge in [0.05, 0.1) is 6.26 Å². The van der Waals surface area contributed by atoms with Gasteiger partial charge < -0.3 is 9.52 Å². The normalized spacial score (nSPS) is 12.7. The number of aliphatic carboxylic acids is 1. The topological polar surface area (TPSA) is 76.2 Å². The summed E-state index contributed by atoms with van der Waals surface area (Å²) in [5.74, 6) is -1.08. The van der Waals surface area contributed by atoms with Crippen molar-refractivity contribution in [2.24, 2.45) is 0 Å². The Kier molecular flexibility index (Phi) is 4.99. The lowest BCUT2D eigenvalue weighted by molar-refractivity contribution is -0.141. The van der Waals surface area contributed by atoms with E-state index in [-0.39, 0.29) is 16.6 Å². The highest BCUT2D eigenvalue weighted by Crippen LogP contribution is 2.37. The van der Waals surface area contributed by atoms with Crippen LogP contribution >= 0.6 is 11.8 Å². The van der Waals surface area contributed by atoms with Gasteiger partial charge >= 0.3 is 12.1 Å². The number of rotatable bonds is 5. The largest absolute Gasteiger partial charge is 0.480 e. The van der Waals surface area contributed by atoms with Crippen LogP contribution in [0.1, 0.15) is 16.5 Å². The van der Waals surface area contributed by atoms with Crippen molar-refractivity contribution < 1.29 is 27.5 Å². The van der Waals surface area contributed by atoms with Gasteiger partial charge in [0.2, 0.25) is 0 Å². The summed E-state index contributed by atoms with van der Waals surface area (Å²) in [5, 5.41) is 8.00. The second kappa shape index (κ2) is 7.20. The average molecular weight is 380 g/mol. The number of carbonyl (C=O) groups is 1. The van der Waals surface area contributed by atoms with Crippen molar-refractivity contribution in [3.63, 3.8) is 0 Å². The molecule has 1 N–H and O–H groups in total. The number of furan rings is 1. The molecule has 0 radical (unpaired) electrons. The number of carboxylic acids is 1. The molecule has 0 unspecified atom stereocenters. The quantitative estimate of drug-likeness (QED) is 0.512. The molecule has 0 aliphatic carbocycles. The van der Waals surface area contributed by atoms with E-state index in [1.54, 1.807) is 30.3 Å². The van der Waals surface area contributed by atoms with Gasteiger partial charge in [0.1, 0.15) is 16.6 Å². The van der Waals surface area contributed by atoms with Crippen molar-refractivity contribution in [2.45, 2.75) is 16.6 Å². The number of alkyl halides is 3. The second-order valence-corrected chi connectivity index (χ2v) is 6.22. The first-order valence-corrected chi connectivity index (χ1v) is 8.17. The first-order chi connectivity index (χ1) is 12.3. The Morgan fingerprint density at radius 2 is 1.85 bits per heavy atom. The van der Waals surface area contributed by atoms with Crippen molar-refractivity contribution in [2.75, 3.05) is 0 Å². The Morgan fingerprint density at radius 3 is 2.42 bits per heavy atom. The third kappa shape index (κ3) is 4.05. The zero-order valence-corrected chi connectivity index (χ0v) is 13.8. The maximum Gasteiger partial charge on any atom is 0.433 e. The van der Waals surface area contributed by atoms with E-state index in [2.05, 4.69) is 9.97 Å². The van der Waals surface area contributed by atoms with Crippen molar-refractivity contribution in [3.05, 3.63) is 66.1 Å². The molecule has 0 saturated heterocycles. The Balaban J connectivity index is 2.03. The molecule has 134 valence electrons. The molecule has 2 aromatic heterocycles. The minimum atomic E-state index is -4.70. The molecule has 0 amide bonds. The Hall–Kier alpha value is -2.81. The van der Waals surface area contributed by atoms with Crippen LogP contribution in [-0.4, -0.2) is 21.0 Å². The fraction of sp³-hybridized carbons (Fsp3) is 0.118. The van der Waals surface area contributed by atoms with E-state index in [9.17, 15) is 23.1 Å². The van der Waals surface area contributed by atoms with Crippen LogP contribution in [0.15, 0.2) is 64.4 Å². The van der Waals surface area contributed by atoms with Crippen LogP contribution in [0.25, 0.3) is 11.5 Å². The van der Waals surface area contributed by atoms with E-state index in [1.807, 2.05) is 0 Å². The number of hydrogen-bond acceptors (Lipinski definition) is 5. The number of aromatic nitrogens is 2. The van der Waals surface area contributed by atoms with Crippen LogP contribution in [0, 0.1) is 0 Å². The van der Waals surface area contributed by atoms with Crippen molar-refractivity contribution in [1.29, 1.82) is 0 Å². The van der Waals surface area contributed by atoms with Crippen LogP contribution in [0.5, 0.6) is 0 Å². The first kappa shape index (κ1) is 18.0. The summed E-state index contributed by atoms with van der Waals surface area (Å²) < 4.78 is 44.6. The molecule has 5 nitrogen and oxygen atoms in total. The lowest BCUT2D eigenvalue weighted by atomic mass is 10.1. The van der Waals surface area contributed by atoms with Crippen molar-refractivity contribution in [1.82, 2.24) is 9.97 Å². The molecule has 0 aliphatic heterocycles. The Bertz CT molecular complexity index is 899. The summed E-state index contributed by atoms with van der Waals surface area (Å²) in [4.78, 5) is 19.1. The number of nitrogens with zero attached hydrogens (tertiary/aromatic N) is 2. The molecule has 1 atom stereocenters. The molecular formula is C17H11F3N2O3S. The van der Waals surface area contributed by atoms with Crippen molar-refractivity contribution >= 4 is 17.7 Å². The minimum absolute atomic E-state index is 0.0722. The molecule has 2 heterocycles. The highest BCUT2D eigenvalue weighted by atomic mass is 32.2. The van der Waals surface area contributed by atoms with Crippen LogP contribution in [0.4, 0.5) is 13.2 Å². The van der Waals surface area contributed by atoms with Crippen LogP contribution in [-0.2, 0) is 11.0 Å². The lowest BCUT2D eigenvalue weighted by Gasteiger charge is -2.13. The summed E-state index contributed by atoms with van der Waals surface area (Å²) in [6.45, 7) is 0. The molecule has 0 saturated carbocycles. The van der Waals surface area contributed by atoms with Gasteiger partial charge in [-0.2, -0.15) is 13.2 Å². The van der Waals surface area contributed by atoms with E-state index in [4.69, 9.17) is 4.42 Å². The summed E-state index contributed by atoms with van der Waals surface area (Å²) >= 11 is 0.628. The predicted octanol–water partition coefficient (Wildman–Crippen LogP) is 4.67. The molecule has 3 rings (SSSR count). The SMILES string of the molecule is O=C(O)[C@H](Sc1nc(-c2ccco2)cc(C(F)(F)F)n1)c1ccccc1. The second-order valence-electron chi connectivity index (χ2n) is 5.14. The van der Waals surface area contributed by atoms with Gasteiger partial charge in [-0.3, -0.25) is 4.79 Å². The number of thioether (sulfide) groups is 1. The molecule has 9 heteroatoms. The van der Waals surface area contributed by atoms with Gasteiger partial charge in [0.15, 0.2) is 10.9 Å². The standard InChI is InChI=1S/C17H11F3N2O3S/c18-17(19,20)13-9-11(12-7-4-8-25-12)21-16(22-13)26-14(15(23)24)10-5-2-1-3-6-10/h1-9,14H,(H,23,24)/t14-/m1/s1. The van der Waals surface area contributed by atoms with Crippen LogP contribution in [0.2, 0.25) is 0 Å². The van der Waals surface area contributed by atoms with E-state index in [1.165, 1.54) is 18.4 Å². The number of benzene rings is 1. The highest BCUT2D eigenvalue weighted by Gasteiger charge is 2.35. The van der Waals surface area contributed by atoms with Crippen molar-refractivity contribution in [3.8, 4) is 11.5 Å². The minimum Gasteiger partial charge on any atom is -0.480 e. The highest BCUT2D eigenvalue weighted by molar-refractivity contribution is 8.00. The number of hydrogen-bond donors (Lipinski definition) is 1. The van der Waals surface area contributed by atoms with Gasteiger partial charge in [-0.25, -0.2) is 9.97 Å². The van der Waals surface area contributed by atoms with Gasteiger partial charge in [-0.1, -0.05) is 42.1 Å². The fourth-order valence-corrected chi connectivity index (χ4v) is 3.07. The number of carboxylic acid groups (broad SMARTS) is 1. The molecule has 3 aromatic rings. The summed E-state index contributed by atoms with van der Waals surface area (Å²) in [5.41, 5.74) is -0.818. The monoisotopic (exact) mass is 380 g/mol. The smallest absolute Gasteiger partial charge is 0.433 e. The molecular weight excluding hydrogens is 369 g/mol. The molecule has 0 bridgehead atoms. The molecule has 0 fully saturated rings. The maximum absolute atomic E-state index is 13.2. The third-order valence-corrected chi connectivity index (χ3v) is 4.42. The summed E-state index contributed by atoms with van der Waals surface area (Å²) in [7, 11) is 0. The molecule has 0 spiro atoms. The van der Waals surface area contributed by atoms with E-state index < -0.39 is 23.1 Å². The average Bonchev–Trinajstić information content (AvgIpc) is 3.14. The predicted molar refractivity (Wildman–Crippen MR) is 87.4 cm³/mol. The van der Waals surface area contributed by atoms with E-state index in [0.29, 0.717) is 17.3 Å². The van der Waals surface area contributed by atoms with E-state index in [0.717, 1.165) is 6.07 Å². The Labute approximate surface area is 149 Å². The van der Waals surface area contributed by atoms with Gasteiger partial charge in [-0.15, -0.1) is 0 Å². The fourth-order valence-electron chi connectivity index (χ4n) is 2.17. The van der Waals surface area contributed by atoms with E-state index >= 15 is 0 Å². The number of halogens is 3. The van der Waals surface area contributed by atoms with Gasteiger partial charge in [-0.05, 0) is 23.8 Å². The first-order valence-electron chi connectivity index (χ1n) is 7.29. The zero-order valence-electron chi connectivity index (χ0n) is 13.0. The maximum atomic E-state index is 13.2. The third-order valence-electron chi connectivity index (χ3n) is 3.32. The van der Waals surface area contributed by atoms with Gasteiger partial charge in [0.25, 0.3) is 0 Å². The van der Waals surface area contributed by atoms with Crippen LogP contribution < -0.4 is 0 Å². The molecule has 1 aromatic carbocycles. The molecule has 26 heavy (non-hydrogen) atoms. The summed E-state index contributed by atoms with van der Waals surface area (Å²) in [6, 6.07) is 11.9. The lowest BCUT2D eigenvalue weighted by Crippen LogP contribution is -2.12. The van der Waals surface area contributed by atoms with Crippen LogP contribution in [0.3, 0.4) is 0 Å². The summed E-state index contributed by atoms with van der Waals surface area (Å²) in [6.07, 6.45) is -3.40. The Morgan fingerprint density at radius 1 is 1.12 bits per heavy atom. The zero-order chi connectivity index (χ0) is 18.7.